The van der Waals surface area contributed by atoms with Crippen molar-refractivity contribution in [2.75, 3.05) is 0 Å². The number of aryl methyl sites for hydroxylation is 2. The van der Waals surface area contributed by atoms with Crippen molar-refractivity contribution in [1.82, 2.24) is 14.7 Å². The molecule has 3 aromatic heterocycles. The number of rotatable bonds is 5. The maximum atomic E-state index is 13.1. The number of hydrogen-bond acceptors (Lipinski definition) is 6. The lowest BCUT2D eigenvalue weighted by Crippen LogP contribution is -2.24. The molecular weight excluding hydrogens is 390 g/mol. The summed E-state index contributed by atoms with van der Waals surface area (Å²) in [5, 5.41) is 5.64. The minimum atomic E-state index is 0.0312. The fourth-order valence-electron chi connectivity index (χ4n) is 3.10. The van der Waals surface area contributed by atoms with Crippen LogP contribution in [0.25, 0.3) is 21.5 Å². The summed E-state index contributed by atoms with van der Waals surface area (Å²) in [7, 11) is 0. The first-order valence-corrected chi connectivity index (χ1v) is 10.9. The molecule has 0 radical (unpaired) electrons. The Labute approximate surface area is 171 Å². The first-order valence-electron chi connectivity index (χ1n) is 9.11. The fraction of sp³-hybridized carbons (Fsp3) is 0.286. The maximum Gasteiger partial charge on any atom is 0.263 e. The lowest BCUT2D eigenvalue weighted by atomic mass is 10.2. The predicted octanol–water partition coefficient (Wildman–Crippen LogP) is 5.60. The third-order valence-electron chi connectivity index (χ3n) is 4.69. The maximum absolute atomic E-state index is 13.1. The average Bonchev–Trinajstić information content (AvgIpc) is 3.25. The number of benzene rings is 1. The van der Waals surface area contributed by atoms with E-state index in [-0.39, 0.29) is 11.6 Å². The number of thiophene rings is 1. The Morgan fingerprint density at radius 2 is 1.96 bits per heavy atom. The summed E-state index contributed by atoms with van der Waals surface area (Å²) in [6.07, 6.45) is 0. The zero-order valence-electron chi connectivity index (χ0n) is 16.2. The Bertz CT molecular complexity index is 1190. The molecule has 0 fully saturated rings. The van der Waals surface area contributed by atoms with E-state index < -0.39 is 0 Å². The van der Waals surface area contributed by atoms with Crippen LogP contribution in [0.15, 0.2) is 50.9 Å². The molecule has 4 rings (SSSR count). The zero-order chi connectivity index (χ0) is 19.8. The summed E-state index contributed by atoms with van der Waals surface area (Å²) < 4.78 is 7.26. The van der Waals surface area contributed by atoms with Crippen molar-refractivity contribution in [3.8, 4) is 11.3 Å². The summed E-state index contributed by atoms with van der Waals surface area (Å²) >= 11 is 3.10. The number of hydrogen-bond donors (Lipinski definition) is 0. The van der Waals surface area contributed by atoms with Gasteiger partial charge in [-0.1, -0.05) is 47.3 Å². The van der Waals surface area contributed by atoms with E-state index in [9.17, 15) is 4.79 Å². The van der Waals surface area contributed by atoms with Gasteiger partial charge in [-0.2, -0.15) is 0 Å². The van der Waals surface area contributed by atoms with Crippen LogP contribution >= 0.6 is 23.1 Å². The number of aromatic nitrogens is 3. The summed E-state index contributed by atoms with van der Waals surface area (Å²) in [6, 6.07) is 11.9. The Morgan fingerprint density at radius 3 is 2.68 bits per heavy atom. The van der Waals surface area contributed by atoms with Gasteiger partial charge in [0.1, 0.15) is 4.83 Å². The molecule has 0 saturated heterocycles. The van der Waals surface area contributed by atoms with E-state index in [0.29, 0.717) is 5.75 Å². The van der Waals surface area contributed by atoms with Gasteiger partial charge in [0.15, 0.2) is 10.9 Å². The van der Waals surface area contributed by atoms with E-state index in [1.807, 2.05) is 64.1 Å². The van der Waals surface area contributed by atoms with Gasteiger partial charge in [-0.05, 0) is 33.3 Å². The van der Waals surface area contributed by atoms with Crippen molar-refractivity contribution in [2.45, 2.75) is 44.6 Å². The van der Waals surface area contributed by atoms with Crippen LogP contribution in [0.1, 0.15) is 36.0 Å². The van der Waals surface area contributed by atoms with Gasteiger partial charge in [0, 0.05) is 28.3 Å². The lowest BCUT2D eigenvalue weighted by Gasteiger charge is -2.14. The van der Waals surface area contributed by atoms with E-state index in [4.69, 9.17) is 9.51 Å². The molecule has 28 heavy (non-hydrogen) atoms. The Balaban J connectivity index is 1.66. The van der Waals surface area contributed by atoms with E-state index in [1.54, 1.807) is 15.9 Å². The van der Waals surface area contributed by atoms with Crippen molar-refractivity contribution >= 4 is 33.3 Å². The molecular formula is C21H21N3O2S2. The highest BCUT2D eigenvalue weighted by molar-refractivity contribution is 7.98. The topological polar surface area (TPSA) is 60.9 Å². The molecule has 5 nitrogen and oxygen atoms in total. The molecule has 0 aliphatic heterocycles. The van der Waals surface area contributed by atoms with Crippen LogP contribution in [0.4, 0.5) is 0 Å². The number of fused-ring (bicyclic) bond motifs is 1. The molecule has 0 saturated carbocycles. The smallest absolute Gasteiger partial charge is 0.263 e. The molecule has 4 aromatic rings. The first kappa shape index (κ1) is 19.0. The first-order chi connectivity index (χ1) is 13.5. The predicted molar refractivity (Wildman–Crippen MR) is 115 cm³/mol. The normalized spacial score (nSPS) is 11.6. The minimum absolute atomic E-state index is 0.0312. The van der Waals surface area contributed by atoms with Gasteiger partial charge in [0.05, 0.1) is 11.1 Å². The quantitative estimate of drug-likeness (QED) is 0.316. The fourth-order valence-corrected chi connectivity index (χ4v) is 5.18. The van der Waals surface area contributed by atoms with E-state index in [0.717, 1.165) is 42.8 Å². The summed E-state index contributed by atoms with van der Waals surface area (Å²) in [5.74, 6) is 1.33. The Hall–Kier alpha value is -2.38. The van der Waals surface area contributed by atoms with Crippen LogP contribution in [0.3, 0.4) is 0 Å². The Kier molecular flexibility index (Phi) is 5.12. The van der Waals surface area contributed by atoms with Gasteiger partial charge in [-0.15, -0.1) is 11.3 Å². The van der Waals surface area contributed by atoms with Gasteiger partial charge in [-0.3, -0.25) is 9.36 Å². The van der Waals surface area contributed by atoms with Gasteiger partial charge in [-0.25, -0.2) is 4.98 Å². The van der Waals surface area contributed by atoms with Gasteiger partial charge >= 0.3 is 0 Å². The SMILES string of the molecule is Cc1sc2nc(SCc3cc(-c4ccccc4)on3)n(C(C)C)c(=O)c2c1C. The summed E-state index contributed by atoms with van der Waals surface area (Å²) in [4.78, 5) is 19.9. The monoisotopic (exact) mass is 411 g/mol. The van der Waals surface area contributed by atoms with Crippen molar-refractivity contribution in [3.05, 3.63) is 62.9 Å². The van der Waals surface area contributed by atoms with Crippen LogP contribution in [0.2, 0.25) is 0 Å². The molecule has 7 heteroatoms. The molecule has 0 spiro atoms. The summed E-state index contributed by atoms with van der Waals surface area (Å²) in [6.45, 7) is 8.05. The molecule has 0 unspecified atom stereocenters. The van der Waals surface area contributed by atoms with Crippen LogP contribution < -0.4 is 5.56 Å². The van der Waals surface area contributed by atoms with E-state index >= 15 is 0 Å². The van der Waals surface area contributed by atoms with Crippen molar-refractivity contribution in [1.29, 1.82) is 0 Å². The second kappa shape index (κ2) is 7.56. The van der Waals surface area contributed by atoms with Gasteiger partial charge in [0.2, 0.25) is 0 Å². The second-order valence-corrected chi connectivity index (χ2v) is 9.11. The highest BCUT2D eigenvalue weighted by Crippen LogP contribution is 2.31. The van der Waals surface area contributed by atoms with Crippen molar-refractivity contribution in [3.63, 3.8) is 0 Å². The average molecular weight is 412 g/mol. The van der Waals surface area contributed by atoms with Crippen LogP contribution in [-0.2, 0) is 5.75 Å². The van der Waals surface area contributed by atoms with Crippen LogP contribution in [-0.4, -0.2) is 14.7 Å². The third-order valence-corrected chi connectivity index (χ3v) is 6.77. The van der Waals surface area contributed by atoms with Crippen molar-refractivity contribution in [2.24, 2.45) is 0 Å². The molecule has 0 aliphatic carbocycles. The molecule has 0 atom stereocenters. The molecule has 0 bridgehead atoms. The molecule has 3 heterocycles. The highest BCUT2D eigenvalue weighted by atomic mass is 32.2. The Morgan fingerprint density at radius 1 is 1.21 bits per heavy atom. The highest BCUT2D eigenvalue weighted by Gasteiger charge is 2.19. The van der Waals surface area contributed by atoms with E-state index in [1.165, 1.54) is 11.8 Å². The largest absolute Gasteiger partial charge is 0.356 e. The lowest BCUT2D eigenvalue weighted by molar-refractivity contribution is 0.426. The van der Waals surface area contributed by atoms with Gasteiger partial charge in [0.25, 0.3) is 5.56 Å². The van der Waals surface area contributed by atoms with Crippen molar-refractivity contribution < 1.29 is 4.52 Å². The molecule has 0 aliphatic rings. The van der Waals surface area contributed by atoms with Crippen LogP contribution in [0.5, 0.6) is 0 Å². The third kappa shape index (κ3) is 3.40. The molecule has 0 amide bonds. The van der Waals surface area contributed by atoms with Crippen LogP contribution in [0, 0.1) is 13.8 Å². The standard InChI is InChI=1S/C21H21N3O2S2/c1-12(2)24-20(25)18-13(3)14(4)28-19(18)22-21(24)27-11-16-10-17(26-23-16)15-8-6-5-7-9-15/h5-10,12H,11H2,1-4H3. The van der Waals surface area contributed by atoms with Gasteiger partial charge < -0.3 is 4.52 Å². The minimum Gasteiger partial charge on any atom is -0.356 e. The molecule has 1 aromatic carbocycles. The number of nitrogens with zero attached hydrogens (tertiary/aromatic N) is 3. The number of thioether (sulfide) groups is 1. The van der Waals surface area contributed by atoms with E-state index in [2.05, 4.69) is 5.16 Å². The second-order valence-electron chi connectivity index (χ2n) is 6.96. The molecule has 144 valence electrons. The molecule has 0 N–H and O–H groups in total. The summed E-state index contributed by atoms with van der Waals surface area (Å²) in [5.41, 5.74) is 2.89. The zero-order valence-corrected chi connectivity index (χ0v) is 17.9.